The average molecular weight is 273 g/mol. The van der Waals surface area contributed by atoms with Crippen LogP contribution in [0.25, 0.3) is 11.0 Å². The van der Waals surface area contributed by atoms with Crippen molar-refractivity contribution < 1.29 is 0 Å². The lowest BCUT2D eigenvalue weighted by atomic mass is 10.0. The van der Waals surface area contributed by atoms with Crippen molar-refractivity contribution >= 4 is 11.0 Å². The summed E-state index contributed by atoms with van der Waals surface area (Å²) in [5.41, 5.74) is 2.32. The van der Waals surface area contributed by atoms with E-state index in [0.29, 0.717) is 6.04 Å². The second-order valence-corrected chi connectivity index (χ2v) is 6.12. The Morgan fingerprint density at radius 3 is 2.50 bits per heavy atom. The summed E-state index contributed by atoms with van der Waals surface area (Å²) in [6.07, 6.45) is 1.19. The summed E-state index contributed by atoms with van der Waals surface area (Å²) in [4.78, 5) is 4.82. The monoisotopic (exact) mass is 273 g/mol. The summed E-state index contributed by atoms with van der Waals surface area (Å²) in [5, 5.41) is 3.68. The van der Waals surface area contributed by atoms with Crippen molar-refractivity contribution in [3.8, 4) is 0 Å². The number of nitrogens with one attached hydrogen (secondary N) is 1. The van der Waals surface area contributed by atoms with E-state index in [9.17, 15) is 0 Å². The highest BCUT2D eigenvalue weighted by Crippen LogP contribution is 2.21. The zero-order chi connectivity index (χ0) is 14.7. The predicted octanol–water partition coefficient (Wildman–Crippen LogP) is 4.14. The van der Waals surface area contributed by atoms with E-state index >= 15 is 0 Å². The van der Waals surface area contributed by atoms with E-state index in [1.165, 1.54) is 11.9 Å². The summed E-state index contributed by atoms with van der Waals surface area (Å²) in [6, 6.07) is 9.17. The lowest BCUT2D eigenvalue weighted by Crippen LogP contribution is -2.31. The molecule has 0 saturated carbocycles. The van der Waals surface area contributed by atoms with Crippen molar-refractivity contribution in [2.24, 2.45) is 5.92 Å². The van der Waals surface area contributed by atoms with Gasteiger partial charge in [0.05, 0.1) is 17.1 Å². The molecular weight excluding hydrogens is 246 g/mol. The Kier molecular flexibility index (Phi) is 4.81. The molecule has 2 aromatic rings. The standard InChI is InChI=1S/C17H27N3/c1-6-20-16-10-8-7-9-15(16)19-17(20)14(5)18-13(4)11-12(2)3/h7-10,12-14,18H,6,11H2,1-5H3. The summed E-state index contributed by atoms with van der Waals surface area (Å²) in [5.74, 6) is 1.86. The average Bonchev–Trinajstić information content (AvgIpc) is 2.76. The number of benzene rings is 1. The van der Waals surface area contributed by atoms with E-state index in [1.807, 2.05) is 0 Å². The molecular formula is C17H27N3. The molecule has 0 radical (unpaired) electrons. The van der Waals surface area contributed by atoms with Gasteiger partial charge in [-0.3, -0.25) is 0 Å². The highest BCUT2D eigenvalue weighted by Gasteiger charge is 2.17. The third kappa shape index (κ3) is 3.21. The molecule has 1 aromatic heterocycles. The molecule has 110 valence electrons. The number of aromatic nitrogens is 2. The Labute approximate surface area is 122 Å². The van der Waals surface area contributed by atoms with Gasteiger partial charge in [-0.15, -0.1) is 0 Å². The predicted molar refractivity (Wildman–Crippen MR) is 85.9 cm³/mol. The summed E-state index contributed by atoms with van der Waals surface area (Å²) < 4.78 is 2.31. The maximum Gasteiger partial charge on any atom is 0.126 e. The first-order valence-corrected chi connectivity index (χ1v) is 7.74. The van der Waals surface area contributed by atoms with Crippen molar-refractivity contribution in [2.75, 3.05) is 0 Å². The molecule has 0 aliphatic heterocycles. The highest BCUT2D eigenvalue weighted by molar-refractivity contribution is 5.76. The van der Waals surface area contributed by atoms with Crippen molar-refractivity contribution in [3.63, 3.8) is 0 Å². The molecule has 0 aliphatic carbocycles. The van der Waals surface area contributed by atoms with Crippen molar-refractivity contribution in [2.45, 2.75) is 59.7 Å². The van der Waals surface area contributed by atoms with Gasteiger partial charge in [-0.25, -0.2) is 4.98 Å². The van der Waals surface area contributed by atoms with Crippen LogP contribution in [0.5, 0.6) is 0 Å². The molecule has 2 rings (SSSR count). The smallest absolute Gasteiger partial charge is 0.126 e. The SMILES string of the molecule is CCn1c(C(C)NC(C)CC(C)C)nc2ccccc21. The van der Waals surface area contributed by atoms with Gasteiger partial charge in [0, 0.05) is 12.6 Å². The summed E-state index contributed by atoms with van der Waals surface area (Å²) in [6.45, 7) is 12.1. The molecule has 0 bridgehead atoms. The Balaban J connectivity index is 2.23. The molecule has 0 spiro atoms. The first kappa shape index (κ1) is 15.0. The number of rotatable bonds is 6. The molecule has 3 nitrogen and oxygen atoms in total. The van der Waals surface area contributed by atoms with Crippen molar-refractivity contribution in [3.05, 3.63) is 30.1 Å². The molecule has 0 aliphatic rings. The van der Waals surface area contributed by atoms with Crippen LogP contribution in [-0.4, -0.2) is 15.6 Å². The van der Waals surface area contributed by atoms with Crippen LogP contribution in [0.3, 0.4) is 0 Å². The van der Waals surface area contributed by atoms with E-state index in [0.717, 1.165) is 23.8 Å². The first-order chi connectivity index (χ1) is 9.52. The van der Waals surface area contributed by atoms with Crippen LogP contribution in [0.1, 0.15) is 52.9 Å². The summed E-state index contributed by atoms with van der Waals surface area (Å²) in [7, 11) is 0. The fourth-order valence-electron chi connectivity index (χ4n) is 3.03. The highest BCUT2D eigenvalue weighted by atomic mass is 15.1. The van der Waals surface area contributed by atoms with Crippen LogP contribution in [-0.2, 0) is 6.54 Å². The minimum atomic E-state index is 0.274. The normalized spacial score (nSPS) is 14.9. The first-order valence-electron chi connectivity index (χ1n) is 7.74. The molecule has 1 aromatic carbocycles. The van der Waals surface area contributed by atoms with E-state index in [4.69, 9.17) is 4.98 Å². The lowest BCUT2D eigenvalue weighted by molar-refractivity contribution is 0.393. The van der Waals surface area contributed by atoms with E-state index in [2.05, 4.69) is 68.8 Å². The van der Waals surface area contributed by atoms with E-state index < -0.39 is 0 Å². The Hall–Kier alpha value is -1.35. The Morgan fingerprint density at radius 2 is 1.85 bits per heavy atom. The van der Waals surface area contributed by atoms with Crippen LogP contribution in [0, 0.1) is 5.92 Å². The molecule has 1 heterocycles. The molecule has 0 fully saturated rings. The fraction of sp³-hybridized carbons (Fsp3) is 0.588. The Morgan fingerprint density at radius 1 is 1.15 bits per heavy atom. The van der Waals surface area contributed by atoms with Gasteiger partial charge in [-0.05, 0) is 45.2 Å². The van der Waals surface area contributed by atoms with Crippen LogP contribution in [0.15, 0.2) is 24.3 Å². The second-order valence-electron chi connectivity index (χ2n) is 6.12. The summed E-state index contributed by atoms with van der Waals surface area (Å²) >= 11 is 0. The largest absolute Gasteiger partial charge is 0.327 e. The zero-order valence-corrected chi connectivity index (χ0v) is 13.4. The van der Waals surface area contributed by atoms with Crippen molar-refractivity contribution in [1.82, 2.24) is 14.9 Å². The lowest BCUT2D eigenvalue weighted by Gasteiger charge is -2.21. The molecule has 20 heavy (non-hydrogen) atoms. The van der Waals surface area contributed by atoms with Gasteiger partial charge in [0.15, 0.2) is 0 Å². The number of fused-ring (bicyclic) bond motifs is 1. The van der Waals surface area contributed by atoms with Crippen LogP contribution < -0.4 is 5.32 Å². The van der Waals surface area contributed by atoms with Crippen LogP contribution in [0.4, 0.5) is 0 Å². The van der Waals surface area contributed by atoms with E-state index in [-0.39, 0.29) is 6.04 Å². The topological polar surface area (TPSA) is 29.9 Å². The van der Waals surface area contributed by atoms with E-state index in [1.54, 1.807) is 0 Å². The fourth-order valence-corrected chi connectivity index (χ4v) is 3.03. The molecule has 0 saturated heterocycles. The number of hydrogen-bond donors (Lipinski definition) is 1. The Bertz CT molecular complexity index is 556. The molecule has 3 heteroatoms. The van der Waals surface area contributed by atoms with Gasteiger partial charge in [0.1, 0.15) is 5.82 Å². The molecule has 0 amide bonds. The van der Waals surface area contributed by atoms with Crippen LogP contribution >= 0.6 is 0 Å². The molecule has 2 unspecified atom stereocenters. The molecule has 1 N–H and O–H groups in total. The maximum absolute atomic E-state index is 4.82. The number of aryl methyl sites for hydroxylation is 1. The minimum absolute atomic E-state index is 0.274. The van der Waals surface area contributed by atoms with Gasteiger partial charge in [-0.1, -0.05) is 26.0 Å². The zero-order valence-electron chi connectivity index (χ0n) is 13.4. The number of hydrogen-bond acceptors (Lipinski definition) is 2. The maximum atomic E-state index is 4.82. The third-order valence-electron chi connectivity index (χ3n) is 3.75. The quantitative estimate of drug-likeness (QED) is 0.857. The van der Waals surface area contributed by atoms with Gasteiger partial charge in [-0.2, -0.15) is 0 Å². The number of imidazole rings is 1. The second kappa shape index (κ2) is 6.40. The third-order valence-corrected chi connectivity index (χ3v) is 3.75. The van der Waals surface area contributed by atoms with Gasteiger partial charge >= 0.3 is 0 Å². The number of nitrogens with zero attached hydrogens (tertiary/aromatic N) is 2. The van der Waals surface area contributed by atoms with Gasteiger partial charge < -0.3 is 9.88 Å². The molecule has 2 atom stereocenters. The minimum Gasteiger partial charge on any atom is -0.327 e. The van der Waals surface area contributed by atoms with Crippen LogP contribution in [0.2, 0.25) is 0 Å². The van der Waals surface area contributed by atoms with Gasteiger partial charge in [0.25, 0.3) is 0 Å². The van der Waals surface area contributed by atoms with Gasteiger partial charge in [0.2, 0.25) is 0 Å². The van der Waals surface area contributed by atoms with Crippen molar-refractivity contribution in [1.29, 1.82) is 0 Å². The number of para-hydroxylation sites is 2.